The van der Waals surface area contributed by atoms with Crippen LogP contribution >= 0.6 is 0 Å². The van der Waals surface area contributed by atoms with Crippen LogP contribution in [0.15, 0.2) is 0 Å². The highest BCUT2D eigenvalue weighted by Crippen LogP contribution is 2.42. The van der Waals surface area contributed by atoms with Crippen LogP contribution in [0.3, 0.4) is 0 Å². The zero-order valence-electron chi connectivity index (χ0n) is 11.4. The van der Waals surface area contributed by atoms with Crippen LogP contribution in [0.25, 0.3) is 0 Å². The van der Waals surface area contributed by atoms with Crippen LogP contribution < -0.4 is 5.32 Å². The Labute approximate surface area is 113 Å². The monoisotopic (exact) mass is 260 g/mol. The number of nitrogens with zero attached hydrogens (tertiary/aromatic N) is 3. The van der Waals surface area contributed by atoms with Crippen molar-refractivity contribution in [1.82, 2.24) is 19.8 Å². The molecule has 3 heterocycles. The summed E-state index contributed by atoms with van der Waals surface area (Å²) in [5.41, 5.74) is 2.49. The minimum atomic E-state index is 0.00921. The number of amides is 1. The third kappa shape index (κ3) is 1.71. The standard InChI is InChI=1S/C14H20N4O/c1-17-7-5-12(14(17)19)18-11-4-6-15-8-10(11)16-13(18)9-2-3-9/h9,12,15H,2-8H2,1H3. The molecule has 1 saturated heterocycles. The zero-order chi connectivity index (χ0) is 13.0. The summed E-state index contributed by atoms with van der Waals surface area (Å²) in [6.07, 6.45) is 4.41. The van der Waals surface area contributed by atoms with Gasteiger partial charge in [0.2, 0.25) is 5.91 Å². The van der Waals surface area contributed by atoms with E-state index >= 15 is 0 Å². The van der Waals surface area contributed by atoms with Crippen LogP contribution in [0, 0.1) is 0 Å². The van der Waals surface area contributed by atoms with Crippen molar-refractivity contribution >= 4 is 5.91 Å². The first-order valence-electron chi connectivity index (χ1n) is 7.31. The second-order valence-electron chi connectivity index (χ2n) is 6.00. The number of fused-ring (bicyclic) bond motifs is 1. The van der Waals surface area contributed by atoms with Gasteiger partial charge in [-0.1, -0.05) is 0 Å². The number of aromatic nitrogens is 2. The third-order valence-corrected chi connectivity index (χ3v) is 4.60. The molecule has 5 nitrogen and oxygen atoms in total. The summed E-state index contributed by atoms with van der Waals surface area (Å²) in [4.78, 5) is 19.0. The predicted molar refractivity (Wildman–Crippen MR) is 70.9 cm³/mol. The molecular weight excluding hydrogens is 240 g/mol. The highest BCUT2D eigenvalue weighted by Gasteiger charge is 2.39. The predicted octanol–water partition coefficient (Wildman–Crippen LogP) is 0.809. The fourth-order valence-electron chi connectivity index (χ4n) is 3.37. The molecule has 1 saturated carbocycles. The van der Waals surface area contributed by atoms with Crippen molar-refractivity contribution in [1.29, 1.82) is 0 Å². The molecule has 3 aliphatic rings. The Morgan fingerprint density at radius 3 is 2.84 bits per heavy atom. The van der Waals surface area contributed by atoms with E-state index in [-0.39, 0.29) is 11.9 Å². The van der Waals surface area contributed by atoms with Gasteiger partial charge >= 0.3 is 0 Å². The Balaban J connectivity index is 1.80. The fraction of sp³-hybridized carbons (Fsp3) is 0.714. The SMILES string of the molecule is CN1CCC(n2c(C3CC3)nc3c2CCNC3)C1=O. The van der Waals surface area contributed by atoms with Gasteiger partial charge in [0.15, 0.2) is 0 Å². The second-order valence-corrected chi connectivity index (χ2v) is 6.00. The number of carbonyl (C=O) groups excluding carboxylic acids is 1. The topological polar surface area (TPSA) is 50.2 Å². The molecule has 1 atom stereocenters. The summed E-state index contributed by atoms with van der Waals surface area (Å²) in [7, 11) is 1.91. The summed E-state index contributed by atoms with van der Waals surface area (Å²) in [5, 5.41) is 3.38. The maximum absolute atomic E-state index is 12.3. The first-order chi connectivity index (χ1) is 9.25. The average molecular weight is 260 g/mol. The van der Waals surface area contributed by atoms with E-state index in [1.807, 2.05) is 11.9 Å². The highest BCUT2D eigenvalue weighted by molar-refractivity contribution is 5.82. The van der Waals surface area contributed by atoms with Crippen molar-refractivity contribution in [2.24, 2.45) is 0 Å². The van der Waals surface area contributed by atoms with E-state index in [0.717, 1.165) is 32.5 Å². The van der Waals surface area contributed by atoms with Crippen LogP contribution in [0.5, 0.6) is 0 Å². The normalized spacial score (nSPS) is 26.9. The molecule has 0 bridgehead atoms. The van der Waals surface area contributed by atoms with Crippen molar-refractivity contribution in [2.75, 3.05) is 20.1 Å². The van der Waals surface area contributed by atoms with E-state index in [2.05, 4.69) is 9.88 Å². The Hall–Kier alpha value is -1.36. The summed E-state index contributed by atoms with van der Waals surface area (Å²) >= 11 is 0. The van der Waals surface area contributed by atoms with Crippen molar-refractivity contribution < 1.29 is 4.79 Å². The molecule has 0 spiro atoms. The highest BCUT2D eigenvalue weighted by atomic mass is 16.2. The molecule has 1 aromatic rings. The first-order valence-corrected chi connectivity index (χ1v) is 7.31. The molecule has 19 heavy (non-hydrogen) atoms. The molecule has 4 rings (SSSR count). The minimum Gasteiger partial charge on any atom is -0.344 e. The largest absolute Gasteiger partial charge is 0.344 e. The van der Waals surface area contributed by atoms with E-state index in [4.69, 9.17) is 4.98 Å². The number of hydrogen-bond acceptors (Lipinski definition) is 3. The van der Waals surface area contributed by atoms with Gasteiger partial charge in [-0.3, -0.25) is 4.79 Å². The van der Waals surface area contributed by atoms with Gasteiger partial charge < -0.3 is 14.8 Å². The number of likely N-dealkylation sites (tertiary alicyclic amines) is 1. The fourth-order valence-corrected chi connectivity index (χ4v) is 3.37. The number of hydrogen-bond donors (Lipinski definition) is 1. The molecule has 0 aromatic carbocycles. The first kappa shape index (κ1) is 11.5. The maximum atomic E-state index is 12.3. The second kappa shape index (κ2) is 4.07. The lowest BCUT2D eigenvalue weighted by Gasteiger charge is -2.20. The van der Waals surface area contributed by atoms with Crippen LogP contribution in [0.2, 0.25) is 0 Å². The summed E-state index contributed by atoms with van der Waals surface area (Å²) in [6, 6.07) is 0.00921. The maximum Gasteiger partial charge on any atom is 0.245 e. The van der Waals surface area contributed by atoms with Crippen molar-refractivity contribution in [3.8, 4) is 0 Å². The van der Waals surface area contributed by atoms with E-state index in [9.17, 15) is 4.79 Å². The Morgan fingerprint density at radius 1 is 1.32 bits per heavy atom. The Kier molecular flexibility index (Phi) is 2.45. The molecule has 1 aliphatic carbocycles. The molecule has 2 aliphatic heterocycles. The van der Waals surface area contributed by atoms with Crippen molar-refractivity contribution in [2.45, 2.75) is 44.2 Å². The van der Waals surface area contributed by atoms with Gasteiger partial charge in [-0.15, -0.1) is 0 Å². The number of nitrogens with one attached hydrogen (secondary N) is 1. The van der Waals surface area contributed by atoms with Crippen molar-refractivity contribution in [3.05, 3.63) is 17.2 Å². The summed E-state index contributed by atoms with van der Waals surface area (Å²) < 4.78 is 2.31. The third-order valence-electron chi connectivity index (χ3n) is 4.60. The van der Waals surface area contributed by atoms with E-state index < -0.39 is 0 Å². The van der Waals surface area contributed by atoms with Crippen LogP contribution in [-0.4, -0.2) is 40.5 Å². The van der Waals surface area contributed by atoms with E-state index in [1.54, 1.807) is 0 Å². The molecule has 2 fully saturated rings. The molecule has 1 aromatic heterocycles. The lowest BCUT2D eigenvalue weighted by molar-refractivity contribution is -0.129. The lowest BCUT2D eigenvalue weighted by atomic mass is 10.1. The van der Waals surface area contributed by atoms with Crippen LogP contribution in [0.1, 0.15) is 48.4 Å². The van der Waals surface area contributed by atoms with Gasteiger partial charge in [-0.05, 0) is 19.3 Å². The van der Waals surface area contributed by atoms with Crippen LogP contribution in [0.4, 0.5) is 0 Å². The molecule has 5 heteroatoms. The molecule has 1 amide bonds. The van der Waals surface area contributed by atoms with Gasteiger partial charge in [0.05, 0.1) is 5.69 Å². The molecule has 1 unspecified atom stereocenters. The van der Waals surface area contributed by atoms with Gasteiger partial charge in [0, 0.05) is 44.7 Å². The average Bonchev–Trinajstić information content (AvgIpc) is 3.13. The van der Waals surface area contributed by atoms with E-state index in [1.165, 1.54) is 30.1 Å². The minimum absolute atomic E-state index is 0.00921. The van der Waals surface area contributed by atoms with Crippen LogP contribution in [-0.2, 0) is 17.8 Å². The number of rotatable bonds is 2. The number of carbonyl (C=O) groups is 1. The van der Waals surface area contributed by atoms with E-state index in [0.29, 0.717) is 5.92 Å². The number of likely N-dealkylation sites (N-methyl/N-ethyl adjacent to an activating group) is 1. The van der Waals surface area contributed by atoms with Gasteiger partial charge in [0.1, 0.15) is 11.9 Å². The summed E-state index contributed by atoms with van der Waals surface area (Å²) in [6.45, 7) is 2.73. The van der Waals surface area contributed by atoms with Crippen molar-refractivity contribution in [3.63, 3.8) is 0 Å². The molecular formula is C14H20N4O. The molecule has 102 valence electrons. The molecule has 0 radical (unpaired) electrons. The number of imidazole rings is 1. The zero-order valence-corrected chi connectivity index (χ0v) is 11.4. The Bertz CT molecular complexity index is 532. The van der Waals surface area contributed by atoms with Gasteiger partial charge in [-0.2, -0.15) is 0 Å². The Morgan fingerprint density at radius 2 is 2.16 bits per heavy atom. The smallest absolute Gasteiger partial charge is 0.245 e. The quantitative estimate of drug-likeness (QED) is 0.856. The lowest BCUT2D eigenvalue weighted by Crippen LogP contribution is -2.29. The molecule has 1 N–H and O–H groups in total. The summed E-state index contributed by atoms with van der Waals surface area (Å²) in [5.74, 6) is 2.05. The van der Waals surface area contributed by atoms with Gasteiger partial charge in [0.25, 0.3) is 0 Å². The van der Waals surface area contributed by atoms with Gasteiger partial charge in [-0.25, -0.2) is 4.98 Å².